The van der Waals surface area contributed by atoms with Crippen LogP contribution in [0.2, 0.25) is 0 Å². The molecule has 0 aliphatic carbocycles. The molecule has 0 atom stereocenters. The molecule has 0 radical (unpaired) electrons. The van der Waals surface area contributed by atoms with Gasteiger partial charge in [-0.05, 0) is 51.0 Å². The third kappa shape index (κ3) is 5.51. The largest absolute Gasteiger partial charge is 0.357 e. The van der Waals surface area contributed by atoms with E-state index in [1.807, 2.05) is 11.8 Å². The highest BCUT2D eigenvalue weighted by Gasteiger charge is 2.40. The Kier molecular flexibility index (Phi) is 8.25. The molecule has 9 heteroatoms. The molecule has 1 aromatic carbocycles. The molecule has 26 heavy (non-hydrogen) atoms. The Labute approximate surface area is 171 Å². The van der Waals surface area contributed by atoms with Gasteiger partial charge < -0.3 is 10.2 Å². The van der Waals surface area contributed by atoms with Gasteiger partial charge in [0.2, 0.25) is 0 Å². The fourth-order valence-electron chi connectivity index (χ4n) is 2.77. The Morgan fingerprint density at radius 1 is 1.35 bits per heavy atom. The number of hydrogen-bond acceptors (Lipinski definition) is 3. The van der Waals surface area contributed by atoms with Gasteiger partial charge in [0.1, 0.15) is 11.6 Å². The van der Waals surface area contributed by atoms with E-state index in [-0.39, 0.29) is 48.3 Å². The van der Waals surface area contributed by atoms with Crippen molar-refractivity contribution >= 4 is 39.8 Å². The number of hydrogen-bond donors (Lipinski definition) is 1. The molecule has 1 fully saturated rings. The first-order valence-electron chi connectivity index (χ1n) is 8.36. The SMILES string of the molecule is CCNC(=NCCc1cc(F)ccc1F)N1CCS(=O)(=O)C(C)(C)C1.I. The highest BCUT2D eigenvalue weighted by molar-refractivity contribution is 14.0. The minimum absolute atomic E-state index is 0. The molecular formula is C17H26F2IN3O2S. The van der Waals surface area contributed by atoms with Crippen molar-refractivity contribution in [2.24, 2.45) is 4.99 Å². The Morgan fingerprint density at radius 2 is 2.04 bits per heavy atom. The van der Waals surface area contributed by atoms with Gasteiger partial charge in [-0.3, -0.25) is 4.99 Å². The Hall–Kier alpha value is -0.970. The predicted molar refractivity (Wildman–Crippen MR) is 111 cm³/mol. The van der Waals surface area contributed by atoms with Gasteiger partial charge in [0.15, 0.2) is 15.8 Å². The molecule has 1 heterocycles. The maximum absolute atomic E-state index is 13.7. The summed E-state index contributed by atoms with van der Waals surface area (Å²) in [6.45, 7) is 6.97. The van der Waals surface area contributed by atoms with Gasteiger partial charge in [-0.25, -0.2) is 17.2 Å². The van der Waals surface area contributed by atoms with E-state index in [0.717, 1.165) is 12.1 Å². The van der Waals surface area contributed by atoms with E-state index in [2.05, 4.69) is 10.3 Å². The molecule has 0 amide bonds. The quantitative estimate of drug-likeness (QED) is 0.392. The summed E-state index contributed by atoms with van der Waals surface area (Å²) in [4.78, 5) is 6.37. The summed E-state index contributed by atoms with van der Waals surface area (Å²) in [6, 6.07) is 3.37. The summed E-state index contributed by atoms with van der Waals surface area (Å²) < 4.78 is 50.3. The molecule has 1 aromatic rings. The van der Waals surface area contributed by atoms with Crippen LogP contribution in [0.3, 0.4) is 0 Å². The van der Waals surface area contributed by atoms with Gasteiger partial charge in [-0.1, -0.05) is 0 Å². The lowest BCUT2D eigenvalue weighted by atomic mass is 10.1. The van der Waals surface area contributed by atoms with Gasteiger partial charge in [-0.15, -0.1) is 24.0 Å². The van der Waals surface area contributed by atoms with Crippen molar-refractivity contribution in [3.05, 3.63) is 35.4 Å². The first-order valence-corrected chi connectivity index (χ1v) is 10.0. The third-order valence-corrected chi connectivity index (χ3v) is 6.86. The average molecular weight is 501 g/mol. The molecule has 0 unspecified atom stereocenters. The maximum atomic E-state index is 13.7. The van der Waals surface area contributed by atoms with Crippen LogP contribution in [0, 0.1) is 11.6 Å². The Morgan fingerprint density at radius 3 is 2.65 bits per heavy atom. The van der Waals surface area contributed by atoms with Crippen LogP contribution < -0.4 is 5.32 Å². The fourth-order valence-corrected chi connectivity index (χ4v) is 4.13. The number of benzene rings is 1. The van der Waals surface area contributed by atoms with Crippen LogP contribution in [0.25, 0.3) is 0 Å². The minimum Gasteiger partial charge on any atom is -0.357 e. The first-order chi connectivity index (χ1) is 11.7. The van der Waals surface area contributed by atoms with Crippen molar-refractivity contribution in [1.82, 2.24) is 10.2 Å². The smallest absolute Gasteiger partial charge is 0.194 e. The highest BCUT2D eigenvalue weighted by atomic mass is 127. The van der Waals surface area contributed by atoms with Crippen molar-refractivity contribution in [1.29, 1.82) is 0 Å². The molecule has 1 N–H and O–H groups in total. The molecule has 1 aliphatic heterocycles. The lowest BCUT2D eigenvalue weighted by Crippen LogP contribution is -2.57. The molecule has 2 rings (SSSR count). The van der Waals surface area contributed by atoms with Crippen LogP contribution in [0.5, 0.6) is 0 Å². The second-order valence-electron chi connectivity index (χ2n) is 6.72. The maximum Gasteiger partial charge on any atom is 0.194 e. The van der Waals surface area contributed by atoms with E-state index in [4.69, 9.17) is 0 Å². The molecule has 1 aliphatic rings. The summed E-state index contributed by atoms with van der Waals surface area (Å²) in [5.74, 6) is -0.257. The van der Waals surface area contributed by atoms with Crippen LogP contribution in [0.15, 0.2) is 23.2 Å². The summed E-state index contributed by atoms with van der Waals surface area (Å²) in [6.07, 6.45) is 0.272. The topological polar surface area (TPSA) is 61.8 Å². The Balaban J connectivity index is 0.00000338. The van der Waals surface area contributed by atoms with Crippen LogP contribution in [0.1, 0.15) is 26.3 Å². The summed E-state index contributed by atoms with van der Waals surface area (Å²) in [7, 11) is -3.13. The Bertz CT molecular complexity index is 754. The summed E-state index contributed by atoms with van der Waals surface area (Å²) in [5.41, 5.74) is 0.279. The molecule has 1 saturated heterocycles. The number of halogens is 3. The zero-order valence-corrected chi connectivity index (χ0v) is 18.4. The molecule has 0 bridgehead atoms. The fraction of sp³-hybridized carbons (Fsp3) is 0.588. The zero-order chi connectivity index (χ0) is 18.7. The van der Waals surface area contributed by atoms with Gasteiger partial charge in [0.25, 0.3) is 0 Å². The highest BCUT2D eigenvalue weighted by Crippen LogP contribution is 2.23. The van der Waals surface area contributed by atoms with Gasteiger partial charge in [0.05, 0.1) is 10.5 Å². The zero-order valence-electron chi connectivity index (χ0n) is 15.3. The lowest BCUT2D eigenvalue weighted by molar-refractivity contribution is 0.353. The van der Waals surface area contributed by atoms with E-state index in [1.165, 1.54) is 6.07 Å². The van der Waals surface area contributed by atoms with Crippen LogP contribution >= 0.6 is 24.0 Å². The van der Waals surface area contributed by atoms with Crippen molar-refractivity contribution in [3.8, 4) is 0 Å². The minimum atomic E-state index is -3.13. The van der Waals surface area contributed by atoms with Crippen LogP contribution in [0.4, 0.5) is 8.78 Å². The average Bonchev–Trinajstić information content (AvgIpc) is 2.52. The van der Waals surface area contributed by atoms with Gasteiger partial charge >= 0.3 is 0 Å². The molecule has 5 nitrogen and oxygen atoms in total. The molecular weight excluding hydrogens is 475 g/mol. The third-order valence-electron chi connectivity index (χ3n) is 4.33. The van der Waals surface area contributed by atoms with E-state index < -0.39 is 26.2 Å². The number of nitrogens with one attached hydrogen (secondary N) is 1. The molecule has 0 saturated carbocycles. The van der Waals surface area contributed by atoms with E-state index in [1.54, 1.807) is 13.8 Å². The normalized spacial score (nSPS) is 19.0. The van der Waals surface area contributed by atoms with Crippen molar-refractivity contribution in [3.63, 3.8) is 0 Å². The van der Waals surface area contributed by atoms with Gasteiger partial charge in [-0.2, -0.15) is 0 Å². The monoisotopic (exact) mass is 501 g/mol. The van der Waals surface area contributed by atoms with Crippen molar-refractivity contribution in [2.75, 3.05) is 31.9 Å². The number of aliphatic imine (C=N–C) groups is 1. The predicted octanol–water partition coefficient (Wildman–Crippen LogP) is 2.60. The molecule has 148 valence electrons. The first kappa shape index (κ1) is 23.1. The van der Waals surface area contributed by atoms with Crippen LogP contribution in [-0.4, -0.2) is 56.0 Å². The number of sulfone groups is 1. The number of rotatable bonds is 4. The summed E-state index contributed by atoms with van der Waals surface area (Å²) in [5, 5.41) is 3.14. The van der Waals surface area contributed by atoms with Crippen LogP contribution in [-0.2, 0) is 16.3 Å². The number of nitrogens with zero attached hydrogens (tertiary/aromatic N) is 2. The van der Waals surface area contributed by atoms with Gasteiger partial charge in [0, 0.05) is 26.2 Å². The second kappa shape index (κ2) is 9.29. The molecule has 0 spiro atoms. The van der Waals surface area contributed by atoms with E-state index >= 15 is 0 Å². The van der Waals surface area contributed by atoms with Crippen molar-refractivity contribution in [2.45, 2.75) is 31.9 Å². The van der Waals surface area contributed by atoms with E-state index in [0.29, 0.717) is 25.6 Å². The standard InChI is InChI=1S/C17H25F2N3O2S.HI/c1-4-20-16(22-9-10-25(23,24)17(2,3)12-22)21-8-7-13-11-14(18)5-6-15(13)19;/h5-6,11H,4,7-10,12H2,1-3H3,(H,20,21);1H. The molecule has 0 aromatic heterocycles. The van der Waals surface area contributed by atoms with E-state index in [9.17, 15) is 17.2 Å². The number of guanidine groups is 1. The lowest BCUT2D eigenvalue weighted by Gasteiger charge is -2.39. The second-order valence-corrected chi connectivity index (χ2v) is 9.46. The van der Waals surface area contributed by atoms with Crippen molar-refractivity contribution < 1.29 is 17.2 Å². The summed E-state index contributed by atoms with van der Waals surface area (Å²) >= 11 is 0.